The summed E-state index contributed by atoms with van der Waals surface area (Å²) in [7, 11) is 3.22. The highest BCUT2D eigenvalue weighted by Crippen LogP contribution is 2.27. The fourth-order valence-electron chi connectivity index (χ4n) is 4.36. The Bertz CT molecular complexity index is 1380. The van der Waals surface area contributed by atoms with E-state index in [0.717, 1.165) is 38.7 Å². The van der Waals surface area contributed by atoms with E-state index < -0.39 is 5.92 Å². The van der Waals surface area contributed by atoms with E-state index in [-0.39, 0.29) is 29.9 Å². The van der Waals surface area contributed by atoms with Gasteiger partial charge in [0.25, 0.3) is 11.8 Å². The summed E-state index contributed by atoms with van der Waals surface area (Å²) >= 11 is 0. The molecule has 1 amide bonds. The van der Waals surface area contributed by atoms with Crippen LogP contribution in [0.5, 0.6) is 5.88 Å². The summed E-state index contributed by atoms with van der Waals surface area (Å²) in [6.07, 6.45) is 2.68. The molecule has 0 saturated carbocycles. The Balaban J connectivity index is 1.43. The molecule has 4 rings (SSSR count). The van der Waals surface area contributed by atoms with E-state index in [1.807, 2.05) is 6.07 Å². The lowest BCUT2D eigenvalue weighted by Crippen LogP contribution is -2.48. The van der Waals surface area contributed by atoms with Crippen molar-refractivity contribution in [3.05, 3.63) is 83.3 Å². The van der Waals surface area contributed by atoms with Gasteiger partial charge in [0.1, 0.15) is 6.61 Å². The van der Waals surface area contributed by atoms with Gasteiger partial charge in [0.05, 0.1) is 30.3 Å². The van der Waals surface area contributed by atoms with Gasteiger partial charge in [0.2, 0.25) is 11.8 Å². The van der Waals surface area contributed by atoms with Crippen molar-refractivity contribution in [2.45, 2.75) is 26.4 Å². The lowest BCUT2D eigenvalue weighted by atomic mass is 10.0. The monoisotopic (exact) mass is 552 g/mol. The van der Waals surface area contributed by atoms with Gasteiger partial charge in [-0.25, -0.2) is 18.8 Å². The summed E-state index contributed by atoms with van der Waals surface area (Å²) in [5.74, 6) is -1.97. The Morgan fingerprint density at radius 2 is 1.98 bits per heavy atom. The molecule has 1 aliphatic rings. The van der Waals surface area contributed by atoms with Gasteiger partial charge >= 0.3 is 0 Å². The van der Waals surface area contributed by atoms with E-state index in [1.54, 1.807) is 36.1 Å². The van der Waals surface area contributed by atoms with E-state index in [4.69, 9.17) is 9.47 Å². The Labute approximate surface area is 232 Å². The molecule has 1 saturated heterocycles. The average molecular weight is 553 g/mol. The molecule has 1 aromatic carbocycles. The Hall–Kier alpha value is -4.12. The number of carbonyl (C=O) groups is 1. The van der Waals surface area contributed by atoms with Crippen LogP contribution < -0.4 is 10.1 Å². The van der Waals surface area contributed by atoms with E-state index in [2.05, 4.69) is 38.8 Å². The highest BCUT2D eigenvalue weighted by Gasteiger charge is 2.25. The second kappa shape index (κ2) is 12.4. The first-order valence-corrected chi connectivity index (χ1v) is 13.0. The van der Waals surface area contributed by atoms with Gasteiger partial charge in [0.15, 0.2) is 0 Å². The molecule has 0 unspecified atom stereocenters. The number of nitrogens with zero attached hydrogens (tertiary/aromatic N) is 5. The first kappa shape index (κ1) is 28.9. The van der Waals surface area contributed by atoms with Gasteiger partial charge in [-0.05, 0) is 24.1 Å². The fourth-order valence-corrected chi connectivity index (χ4v) is 4.36. The number of benzene rings is 1. The smallest absolute Gasteiger partial charge is 0.272 e. The van der Waals surface area contributed by atoms with Gasteiger partial charge in [-0.15, -0.1) is 0 Å². The molecule has 0 atom stereocenters. The van der Waals surface area contributed by atoms with Gasteiger partial charge in [-0.1, -0.05) is 25.6 Å². The van der Waals surface area contributed by atoms with Gasteiger partial charge in [-0.3, -0.25) is 9.48 Å². The molecule has 0 spiro atoms. The zero-order valence-corrected chi connectivity index (χ0v) is 23.2. The van der Waals surface area contributed by atoms with Gasteiger partial charge in [0, 0.05) is 69.1 Å². The van der Waals surface area contributed by atoms with Crippen molar-refractivity contribution in [2.24, 2.45) is 18.0 Å². The molecule has 0 radical (unpaired) electrons. The fraction of sp³-hybridized carbons (Fsp3) is 0.379. The number of aliphatic imine (C=N–C) groups is 1. The summed E-state index contributed by atoms with van der Waals surface area (Å²) in [6.45, 7) is 10.7. The normalized spacial score (nSPS) is 14.5. The summed E-state index contributed by atoms with van der Waals surface area (Å²) in [6, 6.07) is 9.76. The van der Waals surface area contributed by atoms with Crippen LogP contribution in [0, 0.1) is 5.92 Å². The molecule has 2 aromatic heterocycles. The molecule has 11 heteroatoms. The van der Waals surface area contributed by atoms with E-state index >= 15 is 0 Å². The van der Waals surface area contributed by atoms with Gasteiger partial charge < -0.3 is 19.7 Å². The number of nitrogens with one attached hydrogen (secondary N) is 1. The minimum absolute atomic E-state index is 0.0432. The first-order chi connectivity index (χ1) is 19.0. The second-order valence-corrected chi connectivity index (χ2v) is 9.96. The van der Waals surface area contributed by atoms with Crippen LogP contribution in [0.3, 0.4) is 0 Å². The number of methoxy groups -OCH3 is 1. The highest BCUT2D eigenvalue weighted by molar-refractivity contribution is 5.99. The summed E-state index contributed by atoms with van der Waals surface area (Å²) < 4.78 is 39.8. The number of alkyl halides is 2. The highest BCUT2D eigenvalue weighted by atomic mass is 19.3. The Morgan fingerprint density at radius 3 is 2.62 bits per heavy atom. The van der Waals surface area contributed by atoms with E-state index in [0.29, 0.717) is 34.6 Å². The van der Waals surface area contributed by atoms with Crippen LogP contribution in [0.25, 0.3) is 5.70 Å². The molecule has 3 aromatic rings. The second-order valence-electron chi connectivity index (χ2n) is 9.96. The molecular formula is C29H34F2N6O3. The van der Waals surface area contributed by atoms with Crippen LogP contribution in [-0.2, 0) is 24.3 Å². The molecule has 1 fully saturated rings. The number of halogens is 2. The standard InChI is InChI=1S/C29H34F2N6O3/c1-19-16-37(17-19)12-11-32-27(38)22-8-6-7-21(13-22)20(2)35-28(39-5)24-15-34-36(4)25(24)18-40-26-10-9-23(14-33-26)29(3,30)31/h6-10,13-15,19H,2,11-12,16-18H2,1,3-5H3,(H,32,38). The Kier molecular flexibility index (Phi) is 8.93. The molecular weight excluding hydrogens is 518 g/mol. The average Bonchev–Trinajstić information content (AvgIpc) is 3.28. The number of rotatable bonds is 11. The number of carbonyl (C=O) groups excluding carboxylic acids is 1. The zero-order chi connectivity index (χ0) is 28.9. The van der Waals surface area contributed by atoms with Crippen molar-refractivity contribution in [3.8, 4) is 5.88 Å². The molecule has 0 bridgehead atoms. The third kappa shape index (κ3) is 7.09. The van der Waals surface area contributed by atoms with Crippen molar-refractivity contribution < 1.29 is 23.0 Å². The maximum atomic E-state index is 13.5. The molecule has 212 valence electrons. The zero-order valence-electron chi connectivity index (χ0n) is 23.2. The quantitative estimate of drug-likeness (QED) is 0.282. The number of aryl methyl sites for hydroxylation is 1. The SMILES string of the molecule is C=C(N=C(OC)c1cnn(C)c1COc1ccc(C(C)(F)F)cn1)c1cccc(C(=O)NCCN2CC(C)C2)c1. The van der Waals surface area contributed by atoms with Gasteiger partial charge in [-0.2, -0.15) is 5.10 Å². The van der Waals surface area contributed by atoms with Crippen molar-refractivity contribution in [1.82, 2.24) is 25.0 Å². The number of likely N-dealkylation sites (tertiary alicyclic amines) is 1. The molecule has 3 heterocycles. The van der Waals surface area contributed by atoms with Crippen LogP contribution in [-0.4, -0.2) is 64.8 Å². The van der Waals surface area contributed by atoms with Crippen molar-refractivity contribution >= 4 is 17.5 Å². The predicted molar refractivity (Wildman–Crippen MR) is 148 cm³/mol. The summed E-state index contributed by atoms with van der Waals surface area (Å²) in [4.78, 5) is 23.5. The van der Waals surface area contributed by atoms with Crippen LogP contribution in [0.2, 0.25) is 0 Å². The first-order valence-electron chi connectivity index (χ1n) is 13.0. The number of amides is 1. The Morgan fingerprint density at radius 1 is 1.23 bits per heavy atom. The van der Waals surface area contributed by atoms with E-state index in [9.17, 15) is 13.6 Å². The number of pyridine rings is 1. The van der Waals surface area contributed by atoms with Crippen LogP contribution >= 0.6 is 0 Å². The van der Waals surface area contributed by atoms with E-state index in [1.165, 1.54) is 19.2 Å². The molecule has 9 nitrogen and oxygen atoms in total. The van der Waals surface area contributed by atoms with Crippen molar-refractivity contribution in [3.63, 3.8) is 0 Å². The predicted octanol–water partition coefficient (Wildman–Crippen LogP) is 4.25. The number of hydrogen-bond acceptors (Lipinski definition) is 7. The maximum absolute atomic E-state index is 13.5. The number of ether oxygens (including phenoxy) is 2. The third-order valence-corrected chi connectivity index (χ3v) is 6.63. The largest absolute Gasteiger partial charge is 0.480 e. The van der Waals surface area contributed by atoms with Crippen LogP contribution in [0.1, 0.15) is 46.6 Å². The molecule has 40 heavy (non-hydrogen) atoms. The number of hydrogen-bond donors (Lipinski definition) is 1. The third-order valence-electron chi connectivity index (χ3n) is 6.63. The number of aromatic nitrogens is 3. The van der Waals surface area contributed by atoms with Crippen molar-refractivity contribution in [1.29, 1.82) is 0 Å². The minimum atomic E-state index is -2.98. The van der Waals surface area contributed by atoms with Crippen molar-refractivity contribution in [2.75, 3.05) is 33.3 Å². The molecule has 1 aliphatic heterocycles. The van der Waals surface area contributed by atoms with Crippen LogP contribution in [0.15, 0.2) is 60.4 Å². The lowest BCUT2D eigenvalue weighted by molar-refractivity contribution is 0.0170. The minimum Gasteiger partial charge on any atom is -0.480 e. The maximum Gasteiger partial charge on any atom is 0.272 e. The molecule has 0 aliphatic carbocycles. The topological polar surface area (TPSA) is 93.9 Å². The molecule has 1 N–H and O–H groups in total. The van der Waals surface area contributed by atoms with Crippen LogP contribution in [0.4, 0.5) is 8.78 Å². The summed E-state index contributed by atoms with van der Waals surface area (Å²) in [5, 5.41) is 7.25. The summed E-state index contributed by atoms with van der Waals surface area (Å²) in [5.41, 5.74) is 2.57. The lowest BCUT2D eigenvalue weighted by Gasteiger charge is -2.37.